The molecule has 0 unspecified atom stereocenters. The predicted molar refractivity (Wildman–Crippen MR) is 50.7 cm³/mol. The van der Waals surface area contributed by atoms with Crippen LogP contribution in [-0.2, 0) is 11.2 Å². The summed E-state index contributed by atoms with van der Waals surface area (Å²) in [5, 5.41) is 17.2. The van der Waals surface area contributed by atoms with Gasteiger partial charge >= 0.3 is 5.97 Å². The number of phenolic OH excluding ortho intramolecular Hbond substituents is 1. The van der Waals surface area contributed by atoms with Crippen molar-refractivity contribution in [2.75, 3.05) is 0 Å². The standard InChI is InChI=1S/C8H8O3.C2H4/c9-7-3-1-6(2-4-7)5-8(10)11;1-2/h1-4,9H,5H2,(H,10,11);1-2H2. The van der Waals surface area contributed by atoms with Crippen molar-refractivity contribution in [1.29, 1.82) is 0 Å². The fraction of sp³-hybridized carbons (Fsp3) is 0.100. The Hall–Kier alpha value is -1.77. The maximum Gasteiger partial charge on any atom is 0.307 e. The van der Waals surface area contributed by atoms with Gasteiger partial charge in [0.25, 0.3) is 0 Å². The third kappa shape index (κ3) is 4.63. The topological polar surface area (TPSA) is 57.5 Å². The summed E-state index contributed by atoms with van der Waals surface area (Å²) < 4.78 is 0. The van der Waals surface area contributed by atoms with Crippen LogP contribution >= 0.6 is 0 Å². The Bertz CT molecular complexity index is 264. The number of hydrogen-bond donors (Lipinski definition) is 2. The Balaban J connectivity index is 0.000000671. The van der Waals surface area contributed by atoms with Crippen LogP contribution in [0.1, 0.15) is 5.56 Å². The number of aliphatic carboxylic acids is 1. The lowest BCUT2D eigenvalue weighted by Gasteiger charge is -1.95. The number of carboxylic acid groups (broad SMARTS) is 1. The lowest BCUT2D eigenvalue weighted by Crippen LogP contribution is -1.98. The molecule has 2 N–H and O–H groups in total. The first-order chi connectivity index (χ1) is 6.18. The van der Waals surface area contributed by atoms with Crippen LogP contribution in [0, 0.1) is 0 Å². The Morgan fingerprint density at radius 3 is 2.08 bits per heavy atom. The Labute approximate surface area is 77.0 Å². The molecule has 3 heteroatoms. The SMILES string of the molecule is C=C.O=C(O)Cc1ccc(O)cc1. The molecule has 0 radical (unpaired) electrons. The van der Waals surface area contributed by atoms with Gasteiger partial charge in [-0.1, -0.05) is 12.1 Å². The van der Waals surface area contributed by atoms with Gasteiger partial charge in [0, 0.05) is 0 Å². The van der Waals surface area contributed by atoms with Gasteiger partial charge in [-0.3, -0.25) is 4.79 Å². The highest BCUT2D eigenvalue weighted by Crippen LogP contribution is 2.09. The first kappa shape index (κ1) is 11.2. The van der Waals surface area contributed by atoms with Crippen molar-refractivity contribution in [2.45, 2.75) is 6.42 Å². The fourth-order valence-corrected chi connectivity index (χ4v) is 0.788. The van der Waals surface area contributed by atoms with Crippen LogP contribution in [0.2, 0.25) is 0 Å². The molecule has 0 amide bonds. The highest BCUT2D eigenvalue weighted by Gasteiger charge is 1.98. The molecule has 0 aliphatic heterocycles. The van der Waals surface area contributed by atoms with Gasteiger partial charge < -0.3 is 10.2 Å². The van der Waals surface area contributed by atoms with Crippen LogP contribution in [0.4, 0.5) is 0 Å². The summed E-state index contributed by atoms with van der Waals surface area (Å²) >= 11 is 0. The molecule has 0 saturated carbocycles. The molecule has 0 bridgehead atoms. The Kier molecular flexibility index (Phi) is 5.03. The number of benzene rings is 1. The van der Waals surface area contributed by atoms with Gasteiger partial charge in [-0.15, -0.1) is 13.2 Å². The van der Waals surface area contributed by atoms with E-state index < -0.39 is 5.97 Å². The van der Waals surface area contributed by atoms with Crippen LogP contribution in [-0.4, -0.2) is 16.2 Å². The van der Waals surface area contributed by atoms with Crippen LogP contribution in [0.25, 0.3) is 0 Å². The summed E-state index contributed by atoms with van der Waals surface area (Å²) in [5.41, 5.74) is 0.690. The molecular formula is C10H12O3. The second-order valence-electron chi connectivity index (χ2n) is 2.24. The third-order valence-corrected chi connectivity index (χ3v) is 1.29. The monoisotopic (exact) mass is 180 g/mol. The first-order valence-electron chi connectivity index (χ1n) is 3.68. The van der Waals surface area contributed by atoms with E-state index in [-0.39, 0.29) is 12.2 Å². The van der Waals surface area contributed by atoms with Crippen LogP contribution in [0.5, 0.6) is 5.75 Å². The fourth-order valence-electron chi connectivity index (χ4n) is 0.788. The second-order valence-corrected chi connectivity index (χ2v) is 2.24. The lowest BCUT2D eigenvalue weighted by atomic mass is 10.1. The quantitative estimate of drug-likeness (QED) is 0.682. The van der Waals surface area contributed by atoms with Crippen molar-refractivity contribution >= 4 is 5.97 Å². The van der Waals surface area contributed by atoms with Crippen molar-refractivity contribution in [3.63, 3.8) is 0 Å². The second kappa shape index (κ2) is 5.83. The third-order valence-electron chi connectivity index (χ3n) is 1.29. The Morgan fingerprint density at radius 2 is 1.69 bits per heavy atom. The molecule has 70 valence electrons. The lowest BCUT2D eigenvalue weighted by molar-refractivity contribution is -0.136. The largest absolute Gasteiger partial charge is 0.508 e. The summed E-state index contributed by atoms with van der Waals surface area (Å²) in [7, 11) is 0. The maximum atomic E-state index is 10.2. The number of carboxylic acids is 1. The normalized spacial score (nSPS) is 8.31. The summed E-state index contributed by atoms with van der Waals surface area (Å²) in [5.74, 6) is -0.713. The molecule has 1 rings (SSSR count). The summed E-state index contributed by atoms with van der Waals surface area (Å²) in [4.78, 5) is 10.2. The molecule has 1 aromatic rings. The smallest absolute Gasteiger partial charge is 0.307 e. The maximum absolute atomic E-state index is 10.2. The molecule has 0 fully saturated rings. The molecule has 0 saturated heterocycles. The molecule has 0 heterocycles. The average Bonchev–Trinajstić information content (AvgIpc) is 2.12. The highest BCUT2D eigenvalue weighted by molar-refractivity contribution is 5.70. The van der Waals surface area contributed by atoms with E-state index in [4.69, 9.17) is 10.2 Å². The molecule has 1 aromatic carbocycles. The van der Waals surface area contributed by atoms with E-state index in [9.17, 15) is 4.79 Å². The van der Waals surface area contributed by atoms with Gasteiger partial charge in [-0.25, -0.2) is 0 Å². The van der Waals surface area contributed by atoms with Gasteiger partial charge in [0.2, 0.25) is 0 Å². The van der Waals surface area contributed by atoms with Gasteiger partial charge in [0.1, 0.15) is 5.75 Å². The molecular weight excluding hydrogens is 168 g/mol. The summed E-state index contributed by atoms with van der Waals surface area (Å²) in [6.07, 6.45) is 0.000278. The number of rotatable bonds is 2. The summed E-state index contributed by atoms with van der Waals surface area (Å²) in [6.45, 7) is 6.00. The van der Waals surface area contributed by atoms with E-state index in [0.29, 0.717) is 5.56 Å². The zero-order valence-electron chi connectivity index (χ0n) is 7.23. The van der Waals surface area contributed by atoms with Crippen molar-refractivity contribution in [2.24, 2.45) is 0 Å². The van der Waals surface area contributed by atoms with E-state index in [1.165, 1.54) is 12.1 Å². The van der Waals surface area contributed by atoms with Gasteiger partial charge in [-0.05, 0) is 17.7 Å². The average molecular weight is 180 g/mol. The zero-order chi connectivity index (χ0) is 10.3. The van der Waals surface area contributed by atoms with Crippen LogP contribution in [0.3, 0.4) is 0 Å². The summed E-state index contributed by atoms with van der Waals surface area (Å²) in [6, 6.07) is 6.11. The number of carbonyl (C=O) groups is 1. The minimum atomic E-state index is -0.865. The van der Waals surface area contributed by atoms with Crippen molar-refractivity contribution in [3.8, 4) is 5.75 Å². The highest BCUT2D eigenvalue weighted by atomic mass is 16.4. The minimum absolute atomic E-state index is 0.000278. The number of phenols is 1. The van der Waals surface area contributed by atoms with Crippen LogP contribution < -0.4 is 0 Å². The zero-order valence-corrected chi connectivity index (χ0v) is 7.23. The van der Waals surface area contributed by atoms with Crippen LogP contribution in [0.15, 0.2) is 37.4 Å². The predicted octanol–water partition coefficient (Wildman–Crippen LogP) is 1.82. The molecule has 0 spiro atoms. The van der Waals surface area contributed by atoms with Gasteiger partial charge in [0.15, 0.2) is 0 Å². The Morgan fingerprint density at radius 1 is 1.23 bits per heavy atom. The molecule has 0 aliphatic rings. The number of aromatic hydroxyl groups is 1. The van der Waals surface area contributed by atoms with E-state index in [2.05, 4.69) is 13.2 Å². The van der Waals surface area contributed by atoms with Crippen molar-refractivity contribution in [3.05, 3.63) is 43.0 Å². The molecule has 0 aromatic heterocycles. The van der Waals surface area contributed by atoms with E-state index in [1.807, 2.05) is 0 Å². The molecule has 13 heavy (non-hydrogen) atoms. The van der Waals surface area contributed by atoms with E-state index in [1.54, 1.807) is 12.1 Å². The van der Waals surface area contributed by atoms with E-state index in [0.717, 1.165) is 0 Å². The van der Waals surface area contributed by atoms with Gasteiger partial charge in [-0.2, -0.15) is 0 Å². The molecule has 0 aliphatic carbocycles. The molecule has 3 nitrogen and oxygen atoms in total. The van der Waals surface area contributed by atoms with Gasteiger partial charge in [0.05, 0.1) is 6.42 Å². The van der Waals surface area contributed by atoms with E-state index >= 15 is 0 Å². The number of hydrogen-bond acceptors (Lipinski definition) is 2. The minimum Gasteiger partial charge on any atom is -0.508 e. The molecule has 0 atom stereocenters. The van der Waals surface area contributed by atoms with Crippen molar-refractivity contribution in [1.82, 2.24) is 0 Å². The first-order valence-corrected chi connectivity index (χ1v) is 3.68. The van der Waals surface area contributed by atoms with Crippen molar-refractivity contribution < 1.29 is 15.0 Å².